The fourth-order valence-corrected chi connectivity index (χ4v) is 5.66. The maximum absolute atomic E-state index is 9.92. The molecule has 170 valence electrons. The van der Waals surface area contributed by atoms with Crippen molar-refractivity contribution in [1.29, 1.82) is 0 Å². The van der Waals surface area contributed by atoms with Gasteiger partial charge >= 0.3 is 0 Å². The zero-order valence-corrected chi connectivity index (χ0v) is 20.0. The maximum Gasteiger partial charge on any atom is 0.116 e. The van der Waals surface area contributed by atoms with Gasteiger partial charge in [0.1, 0.15) is 5.75 Å². The fraction of sp³-hybridized carbons (Fsp3) is 0.0286. The van der Waals surface area contributed by atoms with Crippen LogP contribution in [0.4, 0.5) is 0 Å². The molecular formula is C35H24O. The average Bonchev–Trinajstić information content (AvgIpc) is 2.91. The fourth-order valence-electron chi connectivity index (χ4n) is 5.66. The second-order valence-corrected chi connectivity index (χ2v) is 9.65. The van der Waals surface area contributed by atoms with Gasteiger partial charge in [-0.25, -0.2) is 0 Å². The summed E-state index contributed by atoms with van der Waals surface area (Å²) in [5.41, 5.74) is 6.22. The van der Waals surface area contributed by atoms with Gasteiger partial charge in [-0.05, 0) is 96.5 Å². The van der Waals surface area contributed by atoms with E-state index in [0.717, 1.165) is 10.8 Å². The van der Waals surface area contributed by atoms with Crippen molar-refractivity contribution in [1.82, 2.24) is 0 Å². The molecule has 0 fully saturated rings. The van der Waals surface area contributed by atoms with Gasteiger partial charge in [0.25, 0.3) is 0 Å². The van der Waals surface area contributed by atoms with E-state index in [0.29, 0.717) is 5.75 Å². The van der Waals surface area contributed by atoms with Crippen LogP contribution in [0.5, 0.6) is 5.75 Å². The first kappa shape index (κ1) is 20.7. The monoisotopic (exact) mass is 460 g/mol. The lowest BCUT2D eigenvalue weighted by Gasteiger charge is -2.18. The van der Waals surface area contributed by atoms with Crippen LogP contribution in [0.15, 0.2) is 121 Å². The van der Waals surface area contributed by atoms with Crippen molar-refractivity contribution < 1.29 is 5.11 Å². The van der Waals surface area contributed by atoms with Gasteiger partial charge in [-0.2, -0.15) is 0 Å². The number of hydrogen-bond donors (Lipinski definition) is 1. The first-order chi connectivity index (χ1) is 17.7. The van der Waals surface area contributed by atoms with E-state index in [9.17, 15) is 5.11 Å². The molecule has 7 aromatic rings. The molecule has 0 unspecified atom stereocenters. The summed E-state index contributed by atoms with van der Waals surface area (Å²) in [6.45, 7) is 2.14. The molecule has 0 radical (unpaired) electrons. The summed E-state index contributed by atoms with van der Waals surface area (Å²) in [5, 5.41) is 19.6. The Morgan fingerprint density at radius 3 is 1.36 bits per heavy atom. The highest BCUT2D eigenvalue weighted by atomic mass is 16.3. The van der Waals surface area contributed by atoms with Crippen molar-refractivity contribution in [2.75, 3.05) is 0 Å². The van der Waals surface area contributed by atoms with E-state index < -0.39 is 0 Å². The number of benzene rings is 7. The molecular weight excluding hydrogens is 436 g/mol. The largest absolute Gasteiger partial charge is 0.508 e. The van der Waals surface area contributed by atoms with Crippen LogP contribution >= 0.6 is 0 Å². The van der Waals surface area contributed by atoms with Crippen LogP contribution in [0.1, 0.15) is 5.56 Å². The van der Waals surface area contributed by atoms with E-state index in [2.05, 4.69) is 110 Å². The van der Waals surface area contributed by atoms with Crippen molar-refractivity contribution >= 4 is 43.1 Å². The number of fused-ring (bicyclic) bond motifs is 4. The zero-order valence-electron chi connectivity index (χ0n) is 20.0. The third kappa shape index (κ3) is 3.25. The molecule has 0 bridgehead atoms. The molecule has 0 aliphatic carbocycles. The van der Waals surface area contributed by atoms with Crippen molar-refractivity contribution in [3.05, 3.63) is 127 Å². The van der Waals surface area contributed by atoms with E-state index in [1.165, 1.54) is 60.1 Å². The molecule has 7 aromatic carbocycles. The summed E-state index contributed by atoms with van der Waals surface area (Å²) in [7, 11) is 0. The number of aryl methyl sites for hydroxylation is 1. The lowest BCUT2D eigenvalue weighted by Crippen LogP contribution is -1.91. The van der Waals surface area contributed by atoms with Gasteiger partial charge < -0.3 is 5.11 Å². The third-order valence-corrected chi connectivity index (χ3v) is 7.33. The maximum atomic E-state index is 9.92. The molecule has 0 saturated heterocycles. The van der Waals surface area contributed by atoms with Crippen LogP contribution in [-0.4, -0.2) is 5.11 Å². The van der Waals surface area contributed by atoms with Crippen LogP contribution < -0.4 is 0 Å². The predicted octanol–water partition coefficient (Wildman–Crippen LogP) is 9.65. The van der Waals surface area contributed by atoms with E-state index in [1.54, 1.807) is 6.07 Å². The van der Waals surface area contributed by atoms with Crippen LogP contribution in [0, 0.1) is 6.92 Å². The van der Waals surface area contributed by atoms with Gasteiger partial charge in [-0.1, -0.05) is 103 Å². The highest BCUT2D eigenvalue weighted by molar-refractivity contribution is 6.22. The van der Waals surface area contributed by atoms with E-state index in [4.69, 9.17) is 0 Å². The Kier molecular flexibility index (Phi) is 4.59. The molecule has 1 heteroatoms. The Morgan fingerprint density at radius 2 is 0.833 bits per heavy atom. The van der Waals surface area contributed by atoms with Gasteiger partial charge in [0, 0.05) is 0 Å². The summed E-state index contributed by atoms with van der Waals surface area (Å²) in [6, 6.07) is 43.1. The number of hydrogen-bond acceptors (Lipinski definition) is 1. The highest BCUT2D eigenvalue weighted by Gasteiger charge is 2.17. The number of aromatic hydroxyl groups is 1. The van der Waals surface area contributed by atoms with Crippen molar-refractivity contribution in [2.24, 2.45) is 0 Å². The molecule has 1 N–H and O–H groups in total. The number of rotatable bonds is 2. The van der Waals surface area contributed by atoms with Gasteiger partial charge in [0.2, 0.25) is 0 Å². The topological polar surface area (TPSA) is 20.2 Å². The Balaban J connectivity index is 1.57. The summed E-state index contributed by atoms with van der Waals surface area (Å²) in [6.07, 6.45) is 0. The van der Waals surface area contributed by atoms with E-state index >= 15 is 0 Å². The Bertz CT molecular complexity index is 1760. The zero-order chi connectivity index (χ0) is 24.2. The van der Waals surface area contributed by atoms with Crippen molar-refractivity contribution in [3.63, 3.8) is 0 Å². The minimum atomic E-state index is 0.293. The molecule has 1 nitrogen and oxygen atoms in total. The van der Waals surface area contributed by atoms with Gasteiger partial charge in [0.05, 0.1) is 0 Å². The second kappa shape index (κ2) is 7.96. The number of phenols is 1. The van der Waals surface area contributed by atoms with Crippen LogP contribution in [-0.2, 0) is 0 Å². The lowest BCUT2D eigenvalue weighted by molar-refractivity contribution is 0.476. The Labute approximate surface area is 209 Å². The first-order valence-electron chi connectivity index (χ1n) is 12.3. The standard InChI is InChI=1S/C35H24O/c1-22-10-11-24-19-27(14-12-23(24)18-22)34-30-6-2-4-8-32(30)35(33-9-5-3-7-31(33)34)28-15-13-26-21-29(36)17-16-25(26)20-28/h2-21,36H,1H3. The molecule has 0 amide bonds. The van der Waals surface area contributed by atoms with E-state index in [-0.39, 0.29) is 0 Å². The Hall–Kier alpha value is -4.62. The smallest absolute Gasteiger partial charge is 0.116 e. The highest BCUT2D eigenvalue weighted by Crippen LogP contribution is 2.44. The summed E-state index contributed by atoms with van der Waals surface area (Å²) < 4.78 is 0. The first-order valence-corrected chi connectivity index (χ1v) is 12.3. The van der Waals surface area contributed by atoms with Crippen LogP contribution in [0.2, 0.25) is 0 Å². The molecule has 0 aromatic heterocycles. The van der Waals surface area contributed by atoms with Crippen molar-refractivity contribution in [3.8, 4) is 28.0 Å². The van der Waals surface area contributed by atoms with Gasteiger partial charge in [-0.15, -0.1) is 0 Å². The average molecular weight is 461 g/mol. The summed E-state index contributed by atoms with van der Waals surface area (Å²) in [5.74, 6) is 0.293. The molecule has 7 rings (SSSR count). The van der Waals surface area contributed by atoms with E-state index in [1.807, 2.05) is 12.1 Å². The Morgan fingerprint density at radius 1 is 0.417 bits per heavy atom. The molecule has 36 heavy (non-hydrogen) atoms. The molecule has 0 atom stereocenters. The van der Waals surface area contributed by atoms with Crippen molar-refractivity contribution in [2.45, 2.75) is 6.92 Å². The minimum Gasteiger partial charge on any atom is -0.508 e. The normalized spacial score (nSPS) is 11.6. The summed E-state index contributed by atoms with van der Waals surface area (Å²) >= 11 is 0. The summed E-state index contributed by atoms with van der Waals surface area (Å²) in [4.78, 5) is 0. The second-order valence-electron chi connectivity index (χ2n) is 9.65. The third-order valence-electron chi connectivity index (χ3n) is 7.33. The minimum absolute atomic E-state index is 0.293. The molecule has 0 aliphatic rings. The van der Waals surface area contributed by atoms with Gasteiger partial charge in [0.15, 0.2) is 0 Å². The van der Waals surface area contributed by atoms with Crippen LogP contribution in [0.25, 0.3) is 65.3 Å². The quantitative estimate of drug-likeness (QED) is 0.255. The SMILES string of the molecule is Cc1ccc2cc(-c3c4ccccc4c(-c4ccc5cc(O)ccc5c4)c4ccccc34)ccc2c1. The van der Waals surface area contributed by atoms with Crippen LogP contribution in [0.3, 0.4) is 0 Å². The molecule has 0 heterocycles. The molecule has 0 aliphatic heterocycles. The lowest BCUT2D eigenvalue weighted by atomic mass is 9.85. The molecule has 0 spiro atoms. The van der Waals surface area contributed by atoms with Gasteiger partial charge in [-0.3, -0.25) is 0 Å². The predicted molar refractivity (Wildman–Crippen MR) is 154 cm³/mol. The number of phenolic OH excluding ortho intramolecular Hbond substituents is 1. The molecule has 0 saturated carbocycles.